The Balaban J connectivity index is 1.60. The SMILES string of the molecule is CCOc1ccc2nc(NC(=O)c3ccc4ccc(C)nc4c3)sc2c1. The van der Waals surface area contributed by atoms with Gasteiger partial charge in [-0.2, -0.15) is 0 Å². The second kappa shape index (κ2) is 6.72. The number of nitrogens with zero attached hydrogens (tertiary/aromatic N) is 2. The Morgan fingerprint density at radius 1 is 1.08 bits per heavy atom. The number of amides is 1. The molecular formula is C20H17N3O2S. The minimum Gasteiger partial charge on any atom is -0.494 e. The number of hydrogen-bond donors (Lipinski definition) is 1. The fourth-order valence-corrected chi connectivity index (χ4v) is 3.63. The predicted molar refractivity (Wildman–Crippen MR) is 105 cm³/mol. The van der Waals surface area contributed by atoms with Crippen molar-refractivity contribution in [2.45, 2.75) is 13.8 Å². The minimum absolute atomic E-state index is 0.195. The molecular weight excluding hydrogens is 346 g/mol. The van der Waals surface area contributed by atoms with Gasteiger partial charge in [0, 0.05) is 16.6 Å². The molecule has 0 unspecified atom stereocenters. The molecule has 0 aliphatic heterocycles. The van der Waals surface area contributed by atoms with E-state index in [9.17, 15) is 4.79 Å². The first-order chi connectivity index (χ1) is 12.6. The maximum absolute atomic E-state index is 12.6. The summed E-state index contributed by atoms with van der Waals surface area (Å²) in [5.74, 6) is 0.608. The van der Waals surface area contributed by atoms with Crippen molar-refractivity contribution in [3.63, 3.8) is 0 Å². The third-order valence-electron chi connectivity index (χ3n) is 3.98. The zero-order chi connectivity index (χ0) is 18.1. The van der Waals surface area contributed by atoms with Gasteiger partial charge in [0.2, 0.25) is 0 Å². The largest absolute Gasteiger partial charge is 0.494 e. The lowest BCUT2D eigenvalue weighted by Crippen LogP contribution is -2.11. The number of aryl methyl sites for hydroxylation is 1. The Morgan fingerprint density at radius 3 is 2.77 bits per heavy atom. The summed E-state index contributed by atoms with van der Waals surface area (Å²) < 4.78 is 6.48. The molecule has 2 heterocycles. The van der Waals surface area contributed by atoms with Crippen molar-refractivity contribution in [2.24, 2.45) is 0 Å². The number of thiazole rings is 1. The summed E-state index contributed by atoms with van der Waals surface area (Å²) in [5, 5.41) is 4.45. The van der Waals surface area contributed by atoms with Gasteiger partial charge in [0.25, 0.3) is 5.91 Å². The van der Waals surface area contributed by atoms with Crippen LogP contribution >= 0.6 is 11.3 Å². The van der Waals surface area contributed by atoms with E-state index in [4.69, 9.17) is 4.74 Å². The Labute approximate surface area is 154 Å². The van der Waals surface area contributed by atoms with Crippen molar-refractivity contribution in [3.05, 3.63) is 59.8 Å². The van der Waals surface area contributed by atoms with Crippen molar-refractivity contribution in [1.29, 1.82) is 0 Å². The Kier molecular flexibility index (Phi) is 4.26. The normalized spacial score (nSPS) is 11.0. The van der Waals surface area contributed by atoms with Crippen LogP contribution in [-0.4, -0.2) is 22.5 Å². The number of pyridine rings is 1. The molecule has 2 aromatic carbocycles. The molecule has 6 heteroatoms. The van der Waals surface area contributed by atoms with Crippen LogP contribution in [0.4, 0.5) is 5.13 Å². The number of hydrogen-bond acceptors (Lipinski definition) is 5. The van der Waals surface area contributed by atoms with E-state index in [1.807, 2.05) is 50.2 Å². The predicted octanol–water partition coefficient (Wildman–Crippen LogP) is 4.80. The molecule has 0 fully saturated rings. The van der Waals surface area contributed by atoms with Crippen molar-refractivity contribution in [1.82, 2.24) is 9.97 Å². The van der Waals surface area contributed by atoms with Gasteiger partial charge in [-0.3, -0.25) is 15.1 Å². The monoisotopic (exact) mass is 363 g/mol. The number of benzene rings is 2. The molecule has 2 aromatic heterocycles. The lowest BCUT2D eigenvalue weighted by atomic mass is 10.1. The molecule has 1 amide bonds. The zero-order valence-corrected chi connectivity index (χ0v) is 15.3. The average Bonchev–Trinajstić information content (AvgIpc) is 3.02. The first-order valence-corrected chi connectivity index (χ1v) is 9.16. The molecule has 5 nitrogen and oxygen atoms in total. The summed E-state index contributed by atoms with van der Waals surface area (Å²) in [7, 11) is 0. The van der Waals surface area contributed by atoms with E-state index in [1.54, 1.807) is 12.1 Å². The van der Waals surface area contributed by atoms with E-state index >= 15 is 0 Å². The summed E-state index contributed by atoms with van der Waals surface area (Å²) >= 11 is 1.43. The summed E-state index contributed by atoms with van der Waals surface area (Å²) in [4.78, 5) is 21.5. The van der Waals surface area contributed by atoms with Gasteiger partial charge in [-0.25, -0.2) is 4.98 Å². The summed E-state index contributed by atoms with van der Waals surface area (Å²) in [6.45, 7) is 4.50. The van der Waals surface area contributed by atoms with E-state index in [0.29, 0.717) is 17.3 Å². The molecule has 26 heavy (non-hydrogen) atoms. The quantitative estimate of drug-likeness (QED) is 0.565. The summed E-state index contributed by atoms with van der Waals surface area (Å²) in [5.41, 5.74) is 3.13. The molecule has 0 spiro atoms. The van der Waals surface area contributed by atoms with E-state index in [1.165, 1.54) is 11.3 Å². The van der Waals surface area contributed by atoms with Gasteiger partial charge in [0.1, 0.15) is 5.75 Å². The van der Waals surface area contributed by atoms with Crippen molar-refractivity contribution < 1.29 is 9.53 Å². The first kappa shape index (κ1) is 16.5. The lowest BCUT2D eigenvalue weighted by molar-refractivity contribution is 0.102. The van der Waals surface area contributed by atoms with Crippen molar-refractivity contribution in [3.8, 4) is 5.75 Å². The lowest BCUT2D eigenvalue weighted by Gasteiger charge is -2.04. The highest BCUT2D eigenvalue weighted by atomic mass is 32.1. The van der Waals surface area contributed by atoms with E-state index in [2.05, 4.69) is 15.3 Å². The van der Waals surface area contributed by atoms with Crippen molar-refractivity contribution >= 4 is 43.5 Å². The molecule has 0 aliphatic carbocycles. The van der Waals surface area contributed by atoms with Gasteiger partial charge in [0.15, 0.2) is 5.13 Å². The van der Waals surface area contributed by atoms with Crippen LogP contribution in [0.25, 0.3) is 21.1 Å². The van der Waals surface area contributed by atoms with Crippen LogP contribution < -0.4 is 10.1 Å². The molecule has 0 saturated carbocycles. The van der Waals surface area contributed by atoms with Gasteiger partial charge in [0.05, 0.1) is 22.3 Å². The van der Waals surface area contributed by atoms with Crippen LogP contribution in [-0.2, 0) is 0 Å². The minimum atomic E-state index is -0.195. The average molecular weight is 363 g/mol. The molecule has 1 N–H and O–H groups in total. The Morgan fingerprint density at radius 2 is 1.92 bits per heavy atom. The molecule has 0 aliphatic rings. The maximum Gasteiger partial charge on any atom is 0.257 e. The fourth-order valence-electron chi connectivity index (χ4n) is 2.74. The summed E-state index contributed by atoms with van der Waals surface area (Å²) in [6, 6.07) is 15.2. The van der Waals surface area contributed by atoms with Crippen LogP contribution in [0.15, 0.2) is 48.5 Å². The third kappa shape index (κ3) is 3.23. The van der Waals surface area contributed by atoms with E-state index in [-0.39, 0.29) is 5.91 Å². The highest BCUT2D eigenvalue weighted by Crippen LogP contribution is 2.29. The number of aromatic nitrogens is 2. The number of anilines is 1. The molecule has 0 bridgehead atoms. The second-order valence-corrected chi connectivity index (χ2v) is 6.93. The van der Waals surface area contributed by atoms with Crippen LogP contribution in [0.2, 0.25) is 0 Å². The summed E-state index contributed by atoms with van der Waals surface area (Å²) in [6.07, 6.45) is 0. The molecule has 130 valence electrons. The van der Waals surface area contributed by atoms with E-state index < -0.39 is 0 Å². The van der Waals surface area contributed by atoms with Crippen molar-refractivity contribution in [2.75, 3.05) is 11.9 Å². The first-order valence-electron chi connectivity index (χ1n) is 8.34. The number of rotatable bonds is 4. The van der Waals surface area contributed by atoms with Gasteiger partial charge in [-0.05, 0) is 50.2 Å². The van der Waals surface area contributed by atoms with Crippen LogP contribution in [0.3, 0.4) is 0 Å². The molecule has 0 saturated heterocycles. The number of fused-ring (bicyclic) bond motifs is 2. The second-order valence-electron chi connectivity index (χ2n) is 5.90. The molecule has 4 rings (SSSR count). The topological polar surface area (TPSA) is 64.1 Å². The number of nitrogens with one attached hydrogen (secondary N) is 1. The third-order valence-corrected chi connectivity index (χ3v) is 4.92. The van der Waals surface area contributed by atoms with Gasteiger partial charge in [-0.1, -0.05) is 23.5 Å². The smallest absolute Gasteiger partial charge is 0.257 e. The molecule has 0 atom stereocenters. The standard InChI is InChI=1S/C20H17N3O2S/c1-3-25-15-8-9-16-18(11-15)26-20(22-16)23-19(24)14-7-6-13-5-4-12(2)21-17(13)10-14/h4-11H,3H2,1-2H3,(H,22,23,24). The van der Waals surface area contributed by atoms with Crippen LogP contribution in [0, 0.1) is 6.92 Å². The highest BCUT2D eigenvalue weighted by Gasteiger charge is 2.11. The van der Waals surface area contributed by atoms with Gasteiger partial charge in [-0.15, -0.1) is 0 Å². The maximum atomic E-state index is 12.6. The number of carbonyl (C=O) groups excluding carboxylic acids is 1. The van der Waals surface area contributed by atoms with Gasteiger partial charge < -0.3 is 4.74 Å². The zero-order valence-electron chi connectivity index (χ0n) is 14.4. The van der Waals surface area contributed by atoms with Crippen LogP contribution in [0.5, 0.6) is 5.75 Å². The van der Waals surface area contributed by atoms with Crippen LogP contribution in [0.1, 0.15) is 23.0 Å². The van der Waals surface area contributed by atoms with Gasteiger partial charge >= 0.3 is 0 Å². The molecule has 4 aromatic rings. The van der Waals surface area contributed by atoms with E-state index in [0.717, 1.165) is 32.6 Å². The Bertz CT molecular complexity index is 1120. The number of ether oxygens (including phenoxy) is 1. The highest BCUT2D eigenvalue weighted by molar-refractivity contribution is 7.22. The molecule has 0 radical (unpaired) electrons. The Hall–Kier alpha value is -2.99. The fraction of sp³-hybridized carbons (Fsp3) is 0.150. The number of carbonyl (C=O) groups is 1.